The van der Waals surface area contributed by atoms with E-state index in [-0.39, 0.29) is 0 Å². The molecule has 3 N–H and O–H groups in total. The van der Waals surface area contributed by atoms with Crippen molar-refractivity contribution in [2.45, 2.75) is 6.92 Å². The fourth-order valence-corrected chi connectivity index (χ4v) is 7.44. The number of anilines is 5. The van der Waals surface area contributed by atoms with E-state index in [9.17, 15) is 4.57 Å². The Hall–Kier alpha value is -5.00. The third kappa shape index (κ3) is 6.11. The fraction of sp³-hybridized carbons (Fsp3) is 0.303. The van der Waals surface area contributed by atoms with Gasteiger partial charge >= 0.3 is 0 Å². The summed E-state index contributed by atoms with van der Waals surface area (Å²) in [5, 5.41) is 12.8. The highest BCUT2D eigenvalue weighted by Gasteiger charge is 2.24. The lowest BCUT2D eigenvalue weighted by molar-refractivity contribution is 0.312. The minimum Gasteiger partial charge on any atom is -0.492 e. The summed E-state index contributed by atoms with van der Waals surface area (Å²) in [6.07, 6.45) is 8.98. The SMILES string of the molecule is CCOc1cc(N2CCN(C)CC2)c(-c2cnn(C)c2)cc1Nc1nc(Nc2ccc3nccnc3c2P(C)(C)=O)c2cc[nH]c2n1. The second kappa shape index (κ2) is 12.3. The predicted octanol–water partition coefficient (Wildman–Crippen LogP) is 5.19. The van der Waals surface area contributed by atoms with Gasteiger partial charge in [-0.15, -0.1) is 0 Å². The molecule has 5 heterocycles. The Bertz CT molecular complexity index is 2130. The van der Waals surface area contributed by atoms with Gasteiger partial charge in [-0.25, -0.2) is 0 Å². The number of hydrogen-bond acceptors (Lipinski definition) is 11. The van der Waals surface area contributed by atoms with Gasteiger partial charge in [0.25, 0.3) is 0 Å². The number of fused-ring (bicyclic) bond motifs is 2. The normalized spacial score (nSPS) is 14.2. The highest BCUT2D eigenvalue weighted by molar-refractivity contribution is 7.71. The van der Waals surface area contributed by atoms with Crippen molar-refractivity contribution >= 4 is 63.3 Å². The number of nitrogens with zero attached hydrogens (tertiary/aromatic N) is 8. The number of likely N-dealkylation sites (N-methyl/N-ethyl adjacent to an activating group) is 1. The number of piperazine rings is 1. The van der Waals surface area contributed by atoms with Crippen LogP contribution in [0.4, 0.5) is 28.8 Å². The number of aryl methyl sites for hydroxylation is 1. The molecule has 6 aromatic rings. The average molecular weight is 652 g/mol. The van der Waals surface area contributed by atoms with Crippen LogP contribution in [0.2, 0.25) is 0 Å². The van der Waals surface area contributed by atoms with Crippen LogP contribution in [0.5, 0.6) is 5.75 Å². The molecule has 14 heteroatoms. The van der Waals surface area contributed by atoms with E-state index >= 15 is 0 Å². The molecule has 0 bridgehead atoms. The number of nitrogens with one attached hydrogen (secondary N) is 3. The molecule has 242 valence electrons. The maximum absolute atomic E-state index is 13.6. The molecule has 0 saturated carbocycles. The first kappa shape index (κ1) is 30.6. The molecule has 0 atom stereocenters. The Morgan fingerprint density at radius 1 is 0.979 bits per heavy atom. The van der Waals surface area contributed by atoms with Crippen LogP contribution in [-0.2, 0) is 11.6 Å². The van der Waals surface area contributed by atoms with Crippen molar-refractivity contribution in [1.82, 2.24) is 39.6 Å². The number of rotatable bonds is 9. The average Bonchev–Trinajstić information content (AvgIpc) is 3.71. The Morgan fingerprint density at radius 2 is 1.79 bits per heavy atom. The first-order chi connectivity index (χ1) is 22.7. The van der Waals surface area contributed by atoms with Gasteiger partial charge in [0, 0.05) is 80.9 Å². The first-order valence-corrected chi connectivity index (χ1v) is 18.2. The Kier molecular flexibility index (Phi) is 8.03. The molecule has 0 radical (unpaired) electrons. The summed E-state index contributed by atoms with van der Waals surface area (Å²) in [6.45, 7) is 9.73. The van der Waals surface area contributed by atoms with Crippen LogP contribution in [0.15, 0.2) is 61.3 Å². The molecule has 0 spiro atoms. The molecular formula is C33H38N11O2P. The van der Waals surface area contributed by atoms with Gasteiger partial charge in [-0.3, -0.25) is 14.6 Å². The summed E-state index contributed by atoms with van der Waals surface area (Å²) < 4.78 is 21.6. The summed E-state index contributed by atoms with van der Waals surface area (Å²) in [7, 11) is 1.29. The van der Waals surface area contributed by atoms with Gasteiger partial charge in [0.05, 0.1) is 40.4 Å². The number of aromatic nitrogens is 7. The third-order valence-electron chi connectivity index (χ3n) is 8.33. The van der Waals surface area contributed by atoms with E-state index in [2.05, 4.69) is 59.7 Å². The molecule has 1 aliphatic heterocycles. The maximum atomic E-state index is 13.6. The van der Waals surface area contributed by atoms with Gasteiger partial charge in [0.15, 0.2) is 0 Å². The van der Waals surface area contributed by atoms with E-state index in [1.54, 1.807) is 25.7 Å². The van der Waals surface area contributed by atoms with Gasteiger partial charge in [-0.1, -0.05) is 0 Å². The topological polar surface area (TPSA) is 142 Å². The molecule has 4 aromatic heterocycles. The van der Waals surface area contributed by atoms with Gasteiger partial charge in [-0.05, 0) is 51.6 Å². The summed E-state index contributed by atoms with van der Waals surface area (Å²) in [5.41, 5.74) is 6.46. The molecule has 0 unspecified atom stereocenters. The fourth-order valence-electron chi connectivity index (χ4n) is 6.05. The van der Waals surface area contributed by atoms with Crippen LogP contribution < -0.4 is 25.6 Å². The number of aromatic amines is 1. The smallest absolute Gasteiger partial charge is 0.231 e. The van der Waals surface area contributed by atoms with Crippen LogP contribution >= 0.6 is 7.14 Å². The zero-order valence-electron chi connectivity index (χ0n) is 27.2. The van der Waals surface area contributed by atoms with E-state index in [0.29, 0.717) is 51.8 Å². The van der Waals surface area contributed by atoms with Crippen molar-refractivity contribution in [3.8, 4) is 16.9 Å². The molecule has 1 fully saturated rings. The molecule has 0 aliphatic carbocycles. The summed E-state index contributed by atoms with van der Waals surface area (Å²) in [4.78, 5) is 26.7. The molecule has 2 aromatic carbocycles. The zero-order chi connectivity index (χ0) is 32.7. The lowest BCUT2D eigenvalue weighted by Gasteiger charge is -2.35. The maximum Gasteiger partial charge on any atom is 0.231 e. The van der Waals surface area contributed by atoms with Crippen LogP contribution in [0.3, 0.4) is 0 Å². The first-order valence-electron chi connectivity index (χ1n) is 15.6. The van der Waals surface area contributed by atoms with Crippen LogP contribution in [0, 0.1) is 0 Å². The van der Waals surface area contributed by atoms with Gasteiger partial charge in [-0.2, -0.15) is 15.1 Å². The predicted molar refractivity (Wildman–Crippen MR) is 189 cm³/mol. The molecule has 1 saturated heterocycles. The van der Waals surface area contributed by atoms with Crippen molar-refractivity contribution < 1.29 is 9.30 Å². The molecule has 7 rings (SSSR count). The second-order valence-electron chi connectivity index (χ2n) is 12.1. The van der Waals surface area contributed by atoms with Crippen molar-refractivity contribution in [2.75, 3.05) is 68.7 Å². The Balaban J connectivity index is 1.32. The summed E-state index contributed by atoms with van der Waals surface area (Å²) >= 11 is 0. The molecule has 47 heavy (non-hydrogen) atoms. The van der Waals surface area contributed by atoms with Crippen molar-refractivity contribution in [3.05, 3.63) is 61.3 Å². The number of H-pyrrole nitrogens is 1. The van der Waals surface area contributed by atoms with Crippen LogP contribution in [0.1, 0.15) is 6.92 Å². The zero-order valence-corrected chi connectivity index (χ0v) is 28.0. The van der Waals surface area contributed by atoms with E-state index in [0.717, 1.165) is 54.1 Å². The van der Waals surface area contributed by atoms with Gasteiger partial charge in [0.2, 0.25) is 5.95 Å². The largest absolute Gasteiger partial charge is 0.492 e. The minimum atomic E-state index is -2.78. The van der Waals surface area contributed by atoms with E-state index in [1.165, 1.54) is 0 Å². The Labute approximate surface area is 272 Å². The monoisotopic (exact) mass is 651 g/mol. The standard InChI is InChI=1S/C33H38N11O2P/c1-6-46-28-18-27(44-15-13-42(2)14-16-44)23(21-19-37-43(3)20-21)17-26(28)39-33-40-31-22(9-10-36-31)32(41-33)38-25-8-7-24-29(35-12-11-34-24)30(25)47(4,5)45/h7-12,17-20H,6,13-16H2,1-5H3,(H3,36,38,39,40,41). The van der Waals surface area contributed by atoms with Crippen LogP contribution in [-0.4, -0.2) is 92.8 Å². The molecule has 0 amide bonds. The summed E-state index contributed by atoms with van der Waals surface area (Å²) in [5.74, 6) is 1.62. The van der Waals surface area contributed by atoms with Crippen LogP contribution in [0.25, 0.3) is 33.2 Å². The molecular weight excluding hydrogens is 613 g/mol. The third-order valence-corrected chi connectivity index (χ3v) is 9.85. The number of hydrogen-bond donors (Lipinski definition) is 3. The van der Waals surface area contributed by atoms with Crippen molar-refractivity contribution in [1.29, 1.82) is 0 Å². The Morgan fingerprint density at radius 3 is 2.53 bits per heavy atom. The van der Waals surface area contributed by atoms with E-state index in [4.69, 9.17) is 14.7 Å². The second-order valence-corrected chi connectivity index (χ2v) is 15.3. The quantitative estimate of drug-likeness (QED) is 0.178. The van der Waals surface area contributed by atoms with Crippen molar-refractivity contribution in [3.63, 3.8) is 0 Å². The molecule has 13 nitrogen and oxygen atoms in total. The van der Waals surface area contributed by atoms with E-state index in [1.807, 2.05) is 55.4 Å². The summed E-state index contributed by atoms with van der Waals surface area (Å²) in [6, 6.07) is 9.86. The minimum absolute atomic E-state index is 0.367. The van der Waals surface area contributed by atoms with Crippen molar-refractivity contribution in [2.24, 2.45) is 7.05 Å². The van der Waals surface area contributed by atoms with E-state index < -0.39 is 7.14 Å². The van der Waals surface area contributed by atoms with Gasteiger partial charge in [0.1, 0.15) is 29.9 Å². The highest BCUT2D eigenvalue weighted by Crippen LogP contribution is 2.43. The lowest BCUT2D eigenvalue weighted by atomic mass is 10.0. The number of ether oxygens (including phenoxy) is 1. The van der Waals surface area contributed by atoms with Gasteiger partial charge < -0.3 is 34.7 Å². The lowest BCUT2D eigenvalue weighted by Crippen LogP contribution is -2.44. The number of benzene rings is 2. The molecule has 1 aliphatic rings. The highest BCUT2D eigenvalue weighted by atomic mass is 31.2.